The lowest BCUT2D eigenvalue weighted by Crippen LogP contribution is -1.91. The van der Waals surface area contributed by atoms with Crippen LogP contribution in [0.3, 0.4) is 0 Å². The number of hydrogen-bond donors (Lipinski definition) is 1. The Hall–Kier alpha value is -2.42. The molecule has 3 aromatic rings. The predicted molar refractivity (Wildman–Crippen MR) is 110 cm³/mol. The number of aromatic amines is 1. The lowest BCUT2D eigenvalue weighted by atomic mass is 10.0. The van der Waals surface area contributed by atoms with E-state index in [2.05, 4.69) is 4.98 Å². The van der Waals surface area contributed by atoms with Gasteiger partial charge in [-0.3, -0.25) is 9.59 Å². The van der Waals surface area contributed by atoms with E-state index in [0.29, 0.717) is 11.1 Å². The minimum absolute atomic E-state index is 0.0407. The summed E-state index contributed by atoms with van der Waals surface area (Å²) < 4.78 is 0. The number of Topliss-reactive ketones (excluding diaryl/α,β-unsaturated/α-hetero) is 2. The summed E-state index contributed by atoms with van der Waals surface area (Å²) in [5, 5.41) is 1.96. The van der Waals surface area contributed by atoms with Gasteiger partial charge in [-0.1, -0.05) is 41.5 Å². The number of rotatable bonds is 2. The maximum absolute atomic E-state index is 11.5. The number of benzene rings is 2. The van der Waals surface area contributed by atoms with Crippen molar-refractivity contribution in [3.05, 3.63) is 47.5 Å². The molecule has 0 spiro atoms. The molecule has 0 fully saturated rings. The fourth-order valence-electron chi connectivity index (χ4n) is 2.34. The van der Waals surface area contributed by atoms with Crippen LogP contribution in [0.25, 0.3) is 21.8 Å². The fourth-order valence-corrected chi connectivity index (χ4v) is 2.34. The summed E-state index contributed by atoms with van der Waals surface area (Å²) in [6, 6.07) is 11.2. The van der Waals surface area contributed by atoms with Crippen molar-refractivity contribution in [2.24, 2.45) is 0 Å². The molecule has 0 saturated carbocycles. The third kappa shape index (κ3) is 5.28. The van der Waals surface area contributed by atoms with E-state index in [1.807, 2.05) is 77.9 Å². The SMILES string of the molecule is CC.CC.CC.CC(=O)c1ccc2[nH]c3ccc(C(C)=O)cc3c2c1. The first kappa shape index (κ1) is 22.6. The van der Waals surface area contributed by atoms with Crippen molar-refractivity contribution in [1.82, 2.24) is 4.98 Å². The van der Waals surface area contributed by atoms with Gasteiger partial charge in [0.25, 0.3) is 0 Å². The standard InChI is InChI=1S/C16H13NO2.3C2H6/c1-9(18)11-3-5-15-13(7-11)14-8-12(10(2)19)4-6-16(14)17-15;3*1-2/h3-8,17H,1-2H3;3*1-2H3. The van der Waals surface area contributed by atoms with Crippen molar-refractivity contribution in [3.8, 4) is 0 Å². The van der Waals surface area contributed by atoms with Crippen LogP contribution in [-0.2, 0) is 0 Å². The largest absolute Gasteiger partial charge is 0.355 e. The van der Waals surface area contributed by atoms with Gasteiger partial charge in [0, 0.05) is 32.9 Å². The van der Waals surface area contributed by atoms with Gasteiger partial charge in [0.15, 0.2) is 11.6 Å². The highest BCUT2D eigenvalue weighted by Crippen LogP contribution is 2.27. The zero-order valence-electron chi connectivity index (χ0n) is 16.8. The van der Waals surface area contributed by atoms with Gasteiger partial charge in [0.1, 0.15) is 0 Å². The van der Waals surface area contributed by atoms with Gasteiger partial charge >= 0.3 is 0 Å². The van der Waals surface area contributed by atoms with E-state index in [4.69, 9.17) is 0 Å². The second kappa shape index (κ2) is 11.2. The molecule has 1 aromatic heterocycles. The quantitative estimate of drug-likeness (QED) is 0.521. The molecule has 136 valence electrons. The number of fused-ring (bicyclic) bond motifs is 3. The maximum Gasteiger partial charge on any atom is 0.159 e. The van der Waals surface area contributed by atoms with E-state index >= 15 is 0 Å². The summed E-state index contributed by atoms with van der Waals surface area (Å²) in [5.41, 5.74) is 3.31. The average Bonchev–Trinajstić information content (AvgIpc) is 3.03. The molecule has 0 aliphatic carbocycles. The number of nitrogens with one attached hydrogen (secondary N) is 1. The van der Waals surface area contributed by atoms with Crippen molar-refractivity contribution < 1.29 is 9.59 Å². The highest BCUT2D eigenvalue weighted by Gasteiger charge is 2.09. The molecule has 0 atom stereocenters. The first-order valence-electron chi connectivity index (χ1n) is 9.13. The Morgan fingerprint density at radius 3 is 1.24 bits per heavy atom. The smallest absolute Gasteiger partial charge is 0.159 e. The molecule has 3 heteroatoms. The second-order valence-electron chi connectivity index (χ2n) is 4.76. The topological polar surface area (TPSA) is 49.9 Å². The lowest BCUT2D eigenvalue weighted by molar-refractivity contribution is 0.100. The van der Waals surface area contributed by atoms with E-state index in [1.54, 1.807) is 13.8 Å². The van der Waals surface area contributed by atoms with Crippen LogP contribution in [0.4, 0.5) is 0 Å². The van der Waals surface area contributed by atoms with E-state index in [0.717, 1.165) is 21.8 Å². The van der Waals surface area contributed by atoms with Gasteiger partial charge in [0.2, 0.25) is 0 Å². The maximum atomic E-state index is 11.5. The molecule has 0 saturated heterocycles. The molecule has 0 unspecified atom stereocenters. The van der Waals surface area contributed by atoms with Crippen molar-refractivity contribution in [1.29, 1.82) is 0 Å². The van der Waals surface area contributed by atoms with Gasteiger partial charge in [-0.25, -0.2) is 0 Å². The summed E-state index contributed by atoms with van der Waals surface area (Å²) in [6.45, 7) is 15.1. The Balaban J connectivity index is 0.000000871. The van der Waals surface area contributed by atoms with Crippen molar-refractivity contribution in [2.75, 3.05) is 0 Å². The van der Waals surface area contributed by atoms with E-state index in [9.17, 15) is 9.59 Å². The van der Waals surface area contributed by atoms with Crippen LogP contribution in [0.2, 0.25) is 0 Å². The molecule has 2 aromatic carbocycles. The fraction of sp³-hybridized carbons (Fsp3) is 0.364. The van der Waals surface area contributed by atoms with Gasteiger partial charge in [-0.2, -0.15) is 0 Å². The molecule has 1 N–H and O–H groups in total. The summed E-state index contributed by atoms with van der Waals surface area (Å²) in [4.78, 5) is 26.2. The molecular formula is C22H31NO2. The predicted octanol–water partition coefficient (Wildman–Crippen LogP) is 6.80. The molecular weight excluding hydrogens is 310 g/mol. The number of H-pyrrole nitrogens is 1. The highest BCUT2D eigenvalue weighted by molar-refractivity contribution is 6.12. The first-order chi connectivity index (χ1) is 12.1. The molecule has 0 aliphatic heterocycles. The second-order valence-corrected chi connectivity index (χ2v) is 4.76. The molecule has 1 heterocycles. The number of carbonyl (C=O) groups is 2. The Bertz CT molecular complexity index is 760. The first-order valence-corrected chi connectivity index (χ1v) is 9.13. The summed E-state index contributed by atoms with van der Waals surface area (Å²) >= 11 is 0. The normalized spacial score (nSPS) is 9.12. The zero-order chi connectivity index (χ0) is 19.6. The van der Waals surface area contributed by atoms with Gasteiger partial charge in [0.05, 0.1) is 0 Å². The Labute approximate surface area is 151 Å². The molecule has 0 radical (unpaired) electrons. The Morgan fingerprint density at radius 1 is 0.640 bits per heavy atom. The Kier molecular flexibility index (Phi) is 10.1. The molecule has 25 heavy (non-hydrogen) atoms. The van der Waals surface area contributed by atoms with Gasteiger partial charge in [-0.05, 0) is 50.2 Å². The van der Waals surface area contributed by atoms with Crippen LogP contribution in [-0.4, -0.2) is 16.6 Å². The van der Waals surface area contributed by atoms with E-state index in [-0.39, 0.29) is 11.6 Å². The van der Waals surface area contributed by atoms with Crippen LogP contribution >= 0.6 is 0 Å². The number of hydrogen-bond acceptors (Lipinski definition) is 2. The van der Waals surface area contributed by atoms with Crippen molar-refractivity contribution in [2.45, 2.75) is 55.4 Å². The third-order valence-electron chi connectivity index (χ3n) is 3.41. The van der Waals surface area contributed by atoms with E-state index < -0.39 is 0 Å². The van der Waals surface area contributed by atoms with E-state index in [1.165, 1.54) is 0 Å². The zero-order valence-corrected chi connectivity index (χ0v) is 16.8. The van der Waals surface area contributed by atoms with Crippen LogP contribution in [0, 0.1) is 0 Å². The molecule has 0 amide bonds. The number of carbonyl (C=O) groups excluding carboxylic acids is 2. The summed E-state index contributed by atoms with van der Waals surface area (Å²) in [5.74, 6) is 0.0814. The van der Waals surface area contributed by atoms with Crippen LogP contribution in [0.1, 0.15) is 76.1 Å². The molecule has 3 rings (SSSR count). The third-order valence-corrected chi connectivity index (χ3v) is 3.41. The number of ketones is 2. The van der Waals surface area contributed by atoms with Gasteiger partial charge < -0.3 is 4.98 Å². The number of aromatic nitrogens is 1. The molecule has 0 bridgehead atoms. The molecule has 0 aliphatic rings. The minimum Gasteiger partial charge on any atom is -0.355 e. The van der Waals surface area contributed by atoms with Crippen molar-refractivity contribution in [3.63, 3.8) is 0 Å². The van der Waals surface area contributed by atoms with Crippen LogP contribution in [0.15, 0.2) is 36.4 Å². The highest BCUT2D eigenvalue weighted by atomic mass is 16.1. The average molecular weight is 341 g/mol. The minimum atomic E-state index is 0.0407. The summed E-state index contributed by atoms with van der Waals surface area (Å²) in [6.07, 6.45) is 0. The lowest BCUT2D eigenvalue weighted by Gasteiger charge is -1.98. The monoisotopic (exact) mass is 341 g/mol. The van der Waals surface area contributed by atoms with Gasteiger partial charge in [-0.15, -0.1) is 0 Å². The molecule has 3 nitrogen and oxygen atoms in total. The van der Waals surface area contributed by atoms with Crippen LogP contribution in [0.5, 0.6) is 0 Å². The summed E-state index contributed by atoms with van der Waals surface area (Å²) in [7, 11) is 0. The Morgan fingerprint density at radius 2 is 0.960 bits per heavy atom. The van der Waals surface area contributed by atoms with Crippen LogP contribution < -0.4 is 0 Å². The van der Waals surface area contributed by atoms with Crippen molar-refractivity contribution >= 4 is 33.4 Å².